The average Bonchev–Trinajstić information content (AvgIpc) is 2.97. The van der Waals surface area contributed by atoms with Crippen LogP contribution in [0.5, 0.6) is 0 Å². The van der Waals surface area contributed by atoms with Crippen molar-refractivity contribution in [3.05, 3.63) is 64.2 Å². The highest BCUT2D eigenvalue weighted by molar-refractivity contribution is 7.92. The van der Waals surface area contributed by atoms with Gasteiger partial charge in [0.25, 0.3) is 21.6 Å². The number of hydrogen-bond donors (Lipinski definition) is 2. The van der Waals surface area contributed by atoms with Gasteiger partial charge < -0.3 is 5.32 Å². The smallest absolute Gasteiger partial charge is 0.270 e. The molecule has 1 amide bonds. The molecule has 0 heterocycles. The Bertz CT molecular complexity index is 999. The van der Waals surface area contributed by atoms with Gasteiger partial charge in [-0.1, -0.05) is 43.9 Å². The van der Waals surface area contributed by atoms with Crippen LogP contribution in [-0.2, 0) is 10.0 Å². The number of amides is 1. The minimum absolute atomic E-state index is 0.0754. The summed E-state index contributed by atoms with van der Waals surface area (Å²) in [5.41, 5.74) is 0.0168. The normalized spacial score (nSPS) is 15.3. The molecule has 2 aromatic carbocycles. The molecule has 1 aliphatic rings. The van der Waals surface area contributed by atoms with E-state index in [2.05, 4.69) is 10.0 Å². The molecule has 1 saturated carbocycles. The lowest BCUT2D eigenvalue weighted by Crippen LogP contribution is -2.35. The summed E-state index contributed by atoms with van der Waals surface area (Å²) in [5, 5.41) is 13.9. The van der Waals surface area contributed by atoms with Crippen molar-refractivity contribution in [2.45, 2.75) is 49.5 Å². The van der Waals surface area contributed by atoms with Crippen LogP contribution in [0.15, 0.2) is 53.4 Å². The molecule has 1 aliphatic carbocycles. The molecule has 154 valence electrons. The number of non-ortho nitro benzene ring substituents is 1. The van der Waals surface area contributed by atoms with Crippen LogP contribution < -0.4 is 10.0 Å². The third-order valence-corrected chi connectivity index (χ3v) is 6.31. The average molecular weight is 417 g/mol. The molecular formula is C20H23N3O5S. The van der Waals surface area contributed by atoms with Gasteiger partial charge in [-0.15, -0.1) is 0 Å². The van der Waals surface area contributed by atoms with Crippen LogP contribution in [0.25, 0.3) is 0 Å². The van der Waals surface area contributed by atoms with Gasteiger partial charge in [0, 0.05) is 18.2 Å². The lowest BCUT2D eigenvalue weighted by atomic mass is 10.1. The Hall–Kier alpha value is -2.94. The predicted molar refractivity (Wildman–Crippen MR) is 109 cm³/mol. The first-order valence-corrected chi connectivity index (χ1v) is 11.0. The van der Waals surface area contributed by atoms with Gasteiger partial charge in [0.15, 0.2) is 0 Å². The van der Waals surface area contributed by atoms with Crippen molar-refractivity contribution in [2.75, 3.05) is 4.72 Å². The molecule has 0 aliphatic heterocycles. The highest BCUT2D eigenvalue weighted by Gasteiger charge is 2.22. The van der Waals surface area contributed by atoms with E-state index in [-0.39, 0.29) is 33.8 Å². The van der Waals surface area contributed by atoms with E-state index < -0.39 is 14.9 Å². The van der Waals surface area contributed by atoms with Gasteiger partial charge in [-0.3, -0.25) is 19.6 Å². The highest BCUT2D eigenvalue weighted by Crippen LogP contribution is 2.24. The monoisotopic (exact) mass is 417 g/mol. The molecule has 0 saturated heterocycles. The summed E-state index contributed by atoms with van der Waals surface area (Å²) in [6, 6.07) is 11.2. The minimum Gasteiger partial charge on any atom is -0.349 e. The number of anilines is 1. The van der Waals surface area contributed by atoms with Crippen molar-refractivity contribution in [3.8, 4) is 0 Å². The van der Waals surface area contributed by atoms with Gasteiger partial charge in [0.1, 0.15) is 0 Å². The fourth-order valence-corrected chi connectivity index (χ4v) is 4.54. The zero-order valence-electron chi connectivity index (χ0n) is 15.8. The highest BCUT2D eigenvalue weighted by atomic mass is 32.2. The molecule has 2 N–H and O–H groups in total. The predicted octanol–water partition coefficient (Wildman–Crippen LogP) is 3.85. The van der Waals surface area contributed by atoms with Crippen molar-refractivity contribution in [1.29, 1.82) is 0 Å². The molecule has 0 unspecified atom stereocenters. The number of nitrogens with one attached hydrogen (secondary N) is 2. The molecule has 2 aromatic rings. The Morgan fingerprint density at radius 2 is 1.69 bits per heavy atom. The van der Waals surface area contributed by atoms with Crippen molar-refractivity contribution < 1.29 is 18.1 Å². The Kier molecular flexibility index (Phi) is 6.48. The van der Waals surface area contributed by atoms with Crippen molar-refractivity contribution in [3.63, 3.8) is 0 Å². The summed E-state index contributed by atoms with van der Waals surface area (Å²) < 4.78 is 27.8. The number of para-hydroxylation sites is 1. The van der Waals surface area contributed by atoms with Gasteiger partial charge in [0.2, 0.25) is 0 Å². The van der Waals surface area contributed by atoms with Crippen molar-refractivity contribution in [2.24, 2.45) is 0 Å². The van der Waals surface area contributed by atoms with E-state index in [1.165, 1.54) is 24.3 Å². The standard InChI is InChI=1S/C20H23N3O5S/c24-20(21-15-8-3-1-2-4-9-15)18-12-5-6-13-19(18)22-29(27,28)17-11-7-10-16(14-17)23(25)26/h5-7,10-15,22H,1-4,8-9H2,(H,21,24). The molecule has 8 nitrogen and oxygen atoms in total. The number of carbonyl (C=O) groups is 1. The number of benzene rings is 2. The maximum absolute atomic E-state index is 12.8. The van der Waals surface area contributed by atoms with E-state index in [0.29, 0.717) is 0 Å². The Labute approximate surface area is 169 Å². The van der Waals surface area contributed by atoms with Gasteiger partial charge in [0.05, 0.1) is 21.1 Å². The summed E-state index contributed by atoms with van der Waals surface area (Å²) in [7, 11) is -4.10. The second-order valence-corrected chi connectivity index (χ2v) is 8.75. The maximum atomic E-state index is 12.8. The van der Waals surface area contributed by atoms with Crippen LogP contribution in [0.3, 0.4) is 0 Å². The summed E-state index contributed by atoms with van der Waals surface area (Å²) >= 11 is 0. The van der Waals surface area contributed by atoms with Crippen LogP contribution in [0.2, 0.25) is 0 Å². The van der Waals surface area contributed by atoms with E-state index >= 15 is 0 Å². The van der Waals surface area contributed by atoms with Gasteiger partial charge in [-0.25, -0.2) is 8.42 Å². The molecule has 0 aromatic heterocycles. The summed E-state index contributed by atoms with van der Waals surface area (Å²) in [4.78, 5) is 22.8. The van der Waals surface area contributed by atoms with Crippen LogP contribution >= 0.6 is 0 Å². The van der Waals surface area contributed by atoms with Gasteiger partial charge in [-0.2, -0.15) is 0 Å². The molecule has 0 spiro atoms. The molecule has 9 heteroatoms. The lowest BCUT2D eigenvalue weighted by Gasteiger charge is -2.18. The number of carbonyl (C=O) groups excluding carboxylic acids is 1. The third-order valence-electron chi connectivity index (χ3n) is 4.95. The molecule has 0 bridgehead atoms. The largest absolute Gasteiger partial charge is 0.349 e. The molecular weight excluding hydrogens is 394 g/mol. The molecule has 29 heavy (non-hydrogen) atoms. The minimum atomic E-state index is -4.10. The Morgan fingerprint density at radius 1 is 1.00 bits per heavy atom. The quantitative estimate of drug-likeness (QED) is 0.420. The lowest BCUT2D eigenvalue weighted by molar-refractivity contribution is -0.385. The molecule has 0 atom stereocenters. The first-order valence-electron chi connectivity index (χ1n) is 9.54. The number of hydrogen-bond acceptors (Lipinski definition) is 5. The van der Waals surface area contributed by atoms with Crippen molar-refractivity contribution >= 4 is 27.3 Å². The second kappa shape index (κ2) is 9.04. The van der Waals surface area contributed by atoms with E-state index in [0.717, 1.165) is 44.6 Å². The number of rotatable bonds is 6. The summed E-state index contributed by atoms with van der Waals surface area (Å²) in [5.74, 6) is -0.339. The molecule has 1 fully saturated rings. The number of nitrogens with zero attached hydrogens (tertiary/aromatic N) is 1. The Morgan fingerprint density at radius 3 is 2.38 bits per heavy atom. The first-order chi connectivity index (χ1) is 13.9. The first kappa shape index (κ1) is 20.8. The summed E-state index contributed by atoms with van der Waals surface area (Å²) in [6.45, 7) is 0. The topological polar surface area (TPSA) is 118 Å². The van der Waals surface area contributed by atoms with Crippen LogP contribution in [0, 0.1) is 10.1 Å². The second-order valence-electron chi connectivity index (χ2n) is 7.07. The van der Waals surface area contributed by atoms with E-state index in [9.17, 15) is 23.3 Å². The van der Waals surface area contributed by atoms with E-state index in [1.807, 2.05) is 0 Å². The van der Waals surface area contributed by atoms with Gasteiger partial charge >= 0.3 is 0 Å². The fourth-order valence-electron chi connectivity index (χ4n) is 3.42. The third kappa shape index (κ3) is 5.32. The SMILES string of the molecule is O=C(NC1CCCCCC1)c1ccccc1NS(=O)(=O)c1cccc([N+](=O)[O-])c1. The van der Waals surface area contributed by atoms with Crippen LogP contribution in [0.1, 0.15) is 48.9 Å². The number of nitro groups is 1. The number of sulfonamides is 1. The van der Waals surface area contributed by atoms with Crippen molar-refractivity contribution in [1.82, 2.24) is 5.32 Å². The van der Waals surface area contributed by atoms with Crippen LogP contribution in [-0.4, -0.2) is 25.3 Å². The zero-order valence-corrected chi connectivity index (χ0v) is 16.7. The van der Waals surface area contributed by atoms with E-state index in [4.69, 9.17) is 0 Å². The maximum Gasteiger partial charge on any atom is 0.270 e. The molecule has 3 rings (SSSR count). The molecule has 0 radical (unpaired) electrons. The summed E-state index contributed by atoms with van der Waals surface area (Å²) in [6.07, 6.45) is 6.26. The van der Waals surface area contributed by atoms with Crippen LogP contribution in [0.4, 0.5) is 11.4 Å². The Balaban J connectivity index is 1.82. The zero-order chi connectivity index (χ0) is 20.9. The number of nitro benzene ring substituents is 1. The fraction of sp³-hybridized carbons (Fsp3) is 0.350. The van der Waals surface area contributed by atoms with Gasteiger partial charge in [-0.05, 0) is 31.0 Å². The van der Waals surface area contributed by atoms with E-state index in [1.54, 1.807) is 18.2 Å².